The van der Waals surface area contributed by atoms with Crippen molar-refractivity contribution in [2.45, 2.75) is 13.0 Å². The molecule has 28 heavy (non-hydrogen) atoms. The highest BCUT2D eigenvalue weighted by atomic mass is 19.1. The van der Waals surface area contributed by atoms with Crippen LogP contribution in [0.3, 0.4) is 0 Å². The number of primary amides is 1. The van der Waals surface area contributed by atoms with Gasteiger partial charge in [0.25, 0.3) is 0 Å². The number of carbonyl (C=O) groups is 3. The Kier molecular flexibility index (Phi) is 5.25. The summed E-state index contributed by atoms with van der Waals surface area (Å²) >= 11 is 0. The van der Waals surface area contributed by atoms with E-state index in [1.165, 1.54) is 42.6 Å². The predicted octanol–water partition coefficient (Wildman–Crippen LogP) is 2.12. The molecule has 2 unspecified atom stereocenters. The third-order valence-corrected chi connectivity index (χ3v) is 4.58. The maximum absolute atomic E-state index is 14.7. The number of hydrogen-bond donors (Lipinski definition) is 1. The van der Waals surface area contributed by atoms with E-state index < -0.39 is 35.8 Å². The molecule has 0 bridgehead atoms. The van der Waals surface area contributed by atoms with Crippen LogP contribution in [0.4, 0.5) is 14.9 Å². The average Bonchev–Trinajstić information content (AvgIpc) is 3.08. The molecule has 0 spiro atoms. The van der Waals surface area contributed by atoms with Crippen molar-refractivity contribution < 1.29 is 28.2 Å². The molecule has 2 aromatic rings. The van der Waals surface area contributed by atoms with Crippen LogP contribution in [-0.4, -0.2) is 42.7 Å². The Bertz CT molecular complexity index is 949. The Morgan fingerprint density at radius 2 is 2.11 bits per heavy atom. The summed E-state index contributed by atoms with van der Waals surface area (Å²) in [7, 11) is 1.24. The minimum absolute atomic E-state index is 0.0844. The van der Waals surface area contributed by atoms with E-state index in [2.05, 4.69) is 9.72 Å². The van der Waals surface area contributed by atoms with E-state index >= 15 is 0 Å². The van der Waals surface area contributed by atoms with Gasteiger partial charge in [0.1, 0.15) is 11.9 Å². The SMILES string of the molecule is COC(=O)c1cncc(-c2ccc(N3CC(C(C)C(N)=O)OC3=O)cc2F)c1. The quantitative estimate of drug-likeness (QED) is 0.787. The van der Waals surface area contributed by atoms with E-state index in [-0.39, 0.29) is 23.4 Å². The number of nitrogens with zero attached hydrogens (tertiary/aromatic N) is 2. The Morgan fingerprint density at radius 3 is 2.75 bits per heavy atom. The Morgan fingerprint density at radius 1 is 1.36 bits per heavy atom. The van der Waals surface area contributed by atoms with Crippen molar-refractivity contribution in [1.82, 2.24) is 4.98 Å². The first-order valence-corrected chi connectivity index (χ1v) is 8.42. The standard InChI is InChI=1S/C19H18FN3O5/c1-10(17(21)24)16-9-23(19(26)28-16)13-3-4-14(15(20)6-13)11-5-12(8-22-7-11)18(25)27-2/h3-8,10,16H,9H2,1-2H3,(H2,21,24). The van der Waals surface area contributed by atoms with E-state index in [1.54, 1.807) is 13.0 Å². The van der Waals surface area contributed by atoms with Crippen LogP contribution in [0.1, 0.15) is 17.3 Å². The lowest BCUT2D eigenvalue weighted by atomic mass is 10.0. The highest BCUT2D eigenvalue weighted by Crippen LogP contribution is 2.30. The van der Waals surface area contributed by atoms with Crippen LogP contribution in [0, 0.1) is 11.7 Å². The maximum Gasteiger partial charge on any atom is 0.414 e. The Labute approximate surface area is 160 Å². The molecule has 8 nitrogen and oxygen atoms in total. The van der Waals surface area contributed by atoms with Crippen molar-refractivity contribution >= 4 is 23.7 Å². The number of carbonyl (C=O) groups excluding carboxylic acids is 3. The first kappa shape index (κ1) is 19.3. The number of aromatic nitrogens is 1. The molecule has 9 heteroatoms. The van der Waals surface area contributed by atoms with E-state index in [1.807, 2.05) is 0 Å². The topological polar surface area (TPSA) is 112 Å². The molecule has 1 aliphatic heterocycles. The zero-order valence-electron chi connectivity index (χ0n) is 15.2. The first-order chi connectivity index (χ1) is 13.3. The maximum atomic E-state index is 14.7. The van der Waals surface area contributed by atoms with Crippen LogP contribution in [0.15, 0.2) is 36.7 Å². The number of pyridine rings is 1. The third-order valence-electron chi connectivity index (χ3n) is 4.58. The van der Waals surface area contributed by atoms with Crippen LogP contribution in [0.25, 0.3) is 11.1 Å². The van der Waals surface area contributed by atoms with Gasteiger partial charge < -0.3 is 15.2 Å². The molecule has 2 atom stereocenters. The number of nitrogens with two attached hydrogens (primary N) is 1. The smallest absolute Gasteiger partial charge is 0.414 e. The summed E-state index contributed by atoms with van der Waals surface area (Å²) in [5.74, 6) is -2.44. The fourth-order valence-corrected chi connectivity index (χ4v) is 2.86. The third kappa shape index (κ3) is 3.64. The second-order valence-corrected chi connectivity index (χ2v) is 6.34. The molecule has 3 rings (SSSR count). The highest BCUT2D eigenvalue weighted by molar-refractivity contribution is 5.92. The van der Waals surface area contributed by atoms with Gasteiger partial charge in [-0.15, -0.1) is 0 Å². The molecule has 0 aliphatic carbocycles. The van der Waals surface area contributed by atoms with E-state index in [4.69, 9.17) is 10.5 Å². The van der Waals surface area contributed by atoms with Crippen molar-refractivity contribution in [3.8, 4) is 11.1 Å². The van der Waals surface area contributed by atoms with Gasteiger partial charge in [0.05, 0.1) is 30.8 Å². The van der Waals surface area contributed by atoms with Gasteiger partial charge >= 0.3 is 12.1 Å². The number of methoxy groups -OCH3 is 1. The predicted molar refractivity (Wildman–Crippen MR) is 96.9 cm³/mol. The number of benzene rings is 1. The van der Waals surface area contributed by atoms with Gasteiger partial charge in [-0.05, 0) is 31.2 Å². The highest BCUT2D eigenvalue weighted by Gasteiger charge is 2.37. The van der Waals surface area contributed by atoms with Crippen LogP contribution in [0.5, 0.6) is 0 Å². The zero-order chi connectivity index (χ0) is 20.4. The summed E-state index contributed by atoms with van der Waals surface area (Å²) in [5, 5.41) is 0. The second kappa shape index (κ2) is 7.63. The Balaban J connectivity index is 1.86. The van der Waals surface area contributed by atoms with E-state index in [0.29, 0.717) is 5.56 Å². The number of ether oxygens (including phenoxy) is 2. The van der Waals surface area contributed by atoms with E-state index in [0.717, 1.165) is 0 Å². The molecule has 1 fully saturated rings. The molecule has 1 aromatic heterocycles. The fourth-order valence-electron chi connectivity index (χ4n) is 2.86. The molecular formula is C19H18FN3O5. The number of amides is 2. The number of cyclic esters (lactones) is 1. The molecule has 2 heterocycles. The number of halogens is 1. The summed E-state index contributed by atoms with van der Waals surface area (Å²) in [6.45, 7) is 1.65. The first-order valence-electron chi connectivity index (χ1n) is 8.42. The monoisotopic (exact) mass is 387 g/mol. The summed E-state index contributed by atoms with van der Waals surface area (Å²) in [4.78, 5) is 40.2. The van der Waals surface area contributed by atoms with Crippen LogP contribution in [0.2, 0.25) is 0 Å². The summed E-state index contributed by atoms with van der Waals surface area (Å²) in [6, 6.07) is 5.66. The van der Waals surface area contributed by atoms with E-state index in [9.17, 15) is 18.8 Å². The molecule has 1 aromatic carbocycles. The number of hydrogen-bond acceptors (Lipinski definition) is 6. The number of esters is 1. The van der Waals surface area contributed by atoms with Gasteiger partial charge in [0.2, 0.25) is 5.91 Å². The molecule has 0 radical (unpaired) electrons. The van der Waals surface area contributed by atoms with Crippen molar-refractivity contribution in [1.29, 1.82) is 0 Å². The van der Waals surface area contributed by atoms with Crippen LogP contribution in [-0.2, 0) is 14.3 Å². The van der Waals surface area contributed by atoms with Gasteiger partial charge in [0.15, 0.2) is 0 Å². The minimum Gasteiger partial charge on any atom is -0.465 e. The minimum atomic E-state index is -0.700. The van der Waals surface area contributed by atoms with Crippen molar-refractivity contribution in [2.75, 3.05) is 18.6 Å². The normalized spacial score (nSPS) is 17.2. The van der Waals surface area contributed by atoms with Crippen molar-refractivity contribution in [3.05, 3.63) is 48.0 Å². The molecule has 0 saturated carbocycles. The van der Waals surface area contributed by atoms with Gasteiger partial charge in [-0.2, -0.15) is 0 Å². The fraction of sp³-hybridized carbons (Fsp3) is 0.263. The summed E-state index contributed by atoms with van der Waals surface area (Å²) in [6.07, 6.45) is 1.36. The van der Waals surface area contributed by atoms with Gasteiger partial charge in [-0.25, -0.2) is 14.0 Å². The van der Waals surface area contributed by atoms with Crippen molar-refractivity contribution in [2.24, 2.45) is 11.7 Å². The lowest BCUT2D eigenvalue weighted by Crippen LogP contribution is -2.34. The second-order valence-electron chi connectivity index (χ2n) is 6.34. The molecule has 2 N–H and O–H groups in total. The lowest BCUT2D eigenvalue weighted by molar-refractivity contribution is -0.123. The average molecular weight is 387 g/mol. The van der Waals surface area contributed by atoms with Crippen LogP contribution >= 0.6 is 0 Å². The van der Waals surface area contributed by atoms with Gasteiger partial charge in [-0.3, -0.25) is 14.7 Å². The summed E-state index contributed by atoms with van der Waals surface area (Å²) < 4.78 is 24.5. The molecule has 1 aliphatic rings. The largest absolute Gasteiger partial charge is 0.465 e. The van der Waals surface area contributed by atoms with Gasteiger partial charge in [0, 0.05) is 23.5 Å². The molecular weight excluding hydrogens is 369 g/mol. The zero-order valence-corrected chi connectivity index (χ0v) is 15.2. The number of rotatable bonds is 5. The van der Waals surface area contributed by atoms with Gasteiger partial charge in [-0.1, -0.05) is 0 Å². The number of anilines is 1. The summed E-state index contributed by atoms with van der Waals surface area (Å²) in [5.41, 5.74) is 6.31. The molecule has 146 valence electrons. The Hall–Kier alpha value is -3.49. The van der Waals surface area contributed by atoms with Crippen molar-refractivity contribution in [3.63, 3.8) is 0 Å². The van der Waals surface area contributed by atoms with Crippen LogP contribution < -0.4 is 10.6 Å². The molecule has 2 amide bonds. The lowest BCUT2D eigenvalue weighted by Gasteiger charge is -2.16. The molecule has 1 saturated heterocycles.